The highest BCUT2D eigenvalue weighted by molar-refractivity contribution is 5.60. The fraction of sp³-hybridized carbons (Fsp3) is 0.800. The molecule has 3 heteroatoms. The van der Waals surface area contributed by atoms with Gasteiger partial charge in [-0.2, -0.15) is 0 Å². The largest absolute Gasteiger partial charge is 0.508 e. The van der Waals surface area contributed by atoms with Crippen molar-refractivity contribution in [3.8, 4) is 0 Å². The van der Waals surface area contributed by atoms with Gasteiger partial charge in [0, 0.05) is 5.92 Å². The molecule has 8 heavy (non-hydrogen) atoms. The molecular weight excluding hydrogens is 108 g/mol. The maximum absolute atomic E-state index is 10.2. The molecule has 0 saturated carbocycles. The Hall–Kier alpha value is -0.730. The number of hydrogen-bond acceptors (Lipinski definition) is 3. The van der Waals surface area contributed by atoms with Crippen LogP contribution in [-0.2, 0) is 9.47 Å². The predicted molar refractivity (Wildman–Crippen MR) is 26.5 cm³/mol. The minimum atomic E-state index is -0.539. The van der Waals surface area contributed by atoms with Crippen molar-refractivity contribution < 1.29 is 14.3 Å². The van der Waals surface area contributed by atoms with Gasteiger partial charge in [0.1, 0.15) is 13.2 Å². The number of hydrogen-bond donors (Lipinski definition) is 0. The summed E-state index contributed by atoms with van der Waals surface area (Å²) in [6, 6.07) is 0. The molecule has 3 nitrogen and oxygen atoms in total. The first-order valence-corrected chi connectivity index (χ1v) is 2.58. The molecule has 0 bridgehead atoms. The Bertz CT molecular complexity index is 89.8. The normalized spacial score (nSPS) is 21.9. The van der Waals surface area contributed by atoms with Crippen LogP contribution in [0.1, 0.15) is 6.92 Å². The van der Waals surface area contributed by atoms with Gasteiger partial charge >= 0.3 is 6.16 Å². The first kappa shape index (κ1) is 5.41. The zero-order valence-electron chi connectivity index (χ0n) is 4.72. The van der Waals surface area contributed by atoms with Gasteiger partial charge in [-0.25, -0.2) is 4.79 Å². The Morgan fingerprint density at radius 1 is 1.50 bits per heavy atom. The molecule has 0 unspecified atom stereocenters. The lowest BCUT2D eigenvalue weighted by atomic mass is 10.2. The molecular formula is C5H8O3. The van der Waals surface area contributed by atoms with E-state index in [0.717, 1.165) is 0 Å². The van der Waals surface area contributed by atoms with Crippen LogP contribution < -0.4 is 0 Å². The number of carbonyl (C=O) groups is 1. The Morgan fingerprint density at radius 3 is 2.38 bits per heavy atom. The number of carbonyl (C=O) groups excluding carboxylic acids is 1. The second kappa shape index (κ2) is 2.03. The lowest BCUT2D eigenvalue weighted by Gasteiger charge is -2.17. The van der Waals surface area contributed by atoms with E-state index in [1.807, 2.05) is 6.92 Å². The first-order valence-electron chi connectivity index (χ1n) is 2.58. The molecule has 46 valence electrons. The van der Waals surface area contributed by atoms with Gasteiger partial charge in [0.05, 0.1) is 0 Å². The molecule has 0 atom stereocenters. The summed E-state index contributed by atoms with van der Waals surface area (Å²) in [5, 5.41) is 0. The molecule has 1 fully saturated rings. The van der Waals surface area contributed by atoms with Crippen molar-refractivity contribution in [2.75, 3.05) is 13.2 Å². The fourth-order valence-electron chi connectivity index (χ4n) is 0.510. The maximum atomic E-state index is 10.2. The molecule has 1 rings (SSSR count). The molecule has 0 aromatic heterocycles. The molecule has 0 aromatic rings. The van der Waals surface area contributed by atoms with Crippen molar-refractivity contribution in [1.29, 1.82) is 0 Å². The first-order chi connectivity index (χ1) is 3.79. The smallest absolute Gasteiger partial charge is 0.434 e. The van der Waals surface area contributed by atoms with Crippen LogP contribution in [0.15, 0.2) is 0 Å². The van der Waals surface area contributed by atoms with Crippen LogP contribution in [-0.4, -0.2) is 19.4 Å². The Balaban J connectivity index is 2.29. The summed E-state index contributed by atoms with van der Waals surface area (Å²) < 4.78 is 9.06. The van der Waals surface area contributed by atoms with Gasteiger partial charge in [-0.3, -0.25) is 0 Å². The van der Waals surface area contributed by atoms with Crippen LogP contribution in [0, 0.1) is 5.92 Å². The second-order valence-electron chi connectivity index (χ2n) is 1.98. The summed E-state index contributed by atoms with van der Waals surface area (Å²) in [5.41, 5.74) is 0. The zero-order valence-corrected chi connectivity index (χ0v) is 4.72. The van der Waals surface area contributed by atoms with Crippen molar-refractivity contribution in [2.45, 2.75) is 6.92 Å². The van der Waals surface area contributed by atoms with Gasteiger partial charge in [0.25, 0.3) is 0 Å². The van der Waals surface area contributed by atoms with Crippen molar-refractivity contribution in [1.82, 2.24) is 0 Å². The third kappa shape index (κ3) is 1.12. The van der Waals surface area contributed by atoms with E-state index < -0.39 is 6.16 Å². The van der Waals surface area contributed by atoms with Gasteiger partial charge in [-0.15, -0.1) is 0 Å². The monoisotopic (exact) mass is 116 g/mol. The second-order valence-corrected chi connectivity index (χ2v) is 1.98. The Morgan fingerprint density at radius 2 is 2.00 bits per heavy atom. The van der Waals surface area contributed by atoms with Gasteiger partial charge in [-0.05, 0) is 0 Å². The lowest BCUT2D eigenvalue weighted by molar-refractivity contribution is -0.00707. The van der Waals surface area contributed by atoms with Crippen molar-refractivity contribution in [2.24, 2.45) is 5.92 Å². The summed E-state index contributed by atoms with van der Waals surface area (Å²) in [6.45, 7) is 2.96. The molecule has 1 heterocycles. The molecule has 1 saturated heterocycles. The highest BCUT2D eigenvalue weighted by atomic mass is 16.7. The lowest BCUT2D eigenvalue weighted by Crippen LogP contribution is -2.24. The average molecular weight is 116 g/mol. The average Bonchev–Trinajstić information content (AvgIpc) is 1.77. The minimum absolute atomic E-state index is 0.354. The predicted octanol–water partition coefficient (Wildman–Crippen LogP) is 0.789. The molecule has 0 radical (unpaired) electrons. The summed E-state index contributed by atoms with van der Waals surface area (Å²) in [7, 11) is 0. The third-order valence-electron chi connectivity index (χ3n) is 0.971. The van der Waals surface area contributed by atoms with Crippen LogP contribution in [0.4, 0.5) is 4.79 Å². The van der Waals surface area contributed by atoms with E-state index in [9.17, 15) is 4.79 Å². The van der Waals surface area contributed by atoms with Crippen molar-refractivity contribution in [3.63, 3.8) is 0 Å². The van der Waals surface area contributed by atoms with Gasteiger partial charge in [0.15, 0.2) is 0 Å². The standard InChI is InChI=1S/C5H8O3/c1-4-2-7-5(6)8-3-4/h4H,2-3H2,1H3. The molecule has 0 aromatic carbocycles. The minimum Gasteiger partial charge on any atom is -0.434 e. The van der Waals surface area contributed by atoms with E-state index in [2.05, 4.69) is 9.47 Å². The molecule has 1 aliphatic rings. The number of rotatable bonds is 0. The highest BCUT2D eigenvalue weighted by Crippen LogP contribution is 2.04. The quantitative estimate of drug-likeness (QED) is 0.439. The molecule has 1 aliphatic heterocycles. The highest BCUT2D eigenvalue weighted by Gasteiger charge is 2.15. The van der Waals surface area contributed by atoms with Crippen molar-refractivity contribution >= 4 is 6.16 Å². The third-order valence-corrected chi connectivity index (χ3v) is 0.971. The summed E-state index contributed by atoms with van der Waals surface area (Å²) in [6.07, 6.45) is -0.539. The van der Waals surface area contributed by atoms with Gasteiger partial charge in [0.2, 0.25) is 0 Å². The van der Waals surface area contributed by atoms with Crippen LogP contribution in [0.25, 0.3) is 0 Å². The van der Waals surface area contributed by atoms with E-state index in [-0.39, 0.29) is 0 Å². The van der Waals surface area contributed by atoms with Crippen molar-refractivity contribution in [3.05, 3.63) is 0 Å². The van der Waals surface area contributed by atoms with E-state index in [1.165, 1.54) is 0 Å². The molecule has 0 N–H and O–H groups in total. The van der Waals surface area contributed by atoms with E-state index >= 15 is 0 Å². The summed E-state index contributed by atoms with van der Waals surface area (Å²) in [5.74, 6) is 0.354. The summed E-state index contributed by atoms with van der Waals surface area (Å²) >= 11 is 0. The van der Waals surface area contributed by atoms with E-state index in [1.54, 1.807) is 0 Å². The zero-order chi connectivity index (χ0) is 5.98. The summed E-state index contributed by atoms with van der Waals surface area (Å²) in [4.78, 5) is 10.2. The SMILES string of the molecule is CC1COC(=O)OC1. The Labute approximate surface area is 47.6 Å². The fourth-order valence-corrected chi connectivity index (χ4v) is 0.510. The van der Waals surface area contributed by atoms with Crippen LogP contribution in [0.3, 0.4) is 0 Å². The van der Waals surface area contributed by atoms with Gasteiger partial charge in [-0.1, -0.05) is 6.92 Å². The van der Waals surface area contributed by atoms with Gasteiger partial charge < -0.3 is 9.47 Å². The molecule has 0 aliphatic carbocycles. The van der Waals surface area contributed by atoms with E-state index in [4.69, 9.17) is 0 Å². The van der Waals surface area contributed by atoms with Crippen LogP contribution in [0.5, 0.6) is 0 Å². The number of cyclic esters (lactones) is 2. The molecule has 0 spiro atoms. The maximum Gasteiger partial charge on any atom is 0.508 e. The number of ether oxygens (including phenoxy) is 2. The Kier molecular flexibility index (Phi) is 1.37. The topological polar surface area (TPSA) is 35.5 Å². The van der Waals surface area contributed by atoms with E-state index in [0.29, 0.717) is 19.1 Å². The van der Waals surface area contributed by atoms with Crippen LogP contribution >= 0.6 is 0 Å². The molecule has 0 amide bonds. The van der Waals surface area contributed by atoms with Crippen LogP contribution in [0.2, 0.25) is 0 Å².